The van der Waals surface area contributed by atoms with E-state index in [4.69, 9.17) is 9.59 Å². The van der Waals surface area contributed by atoms with Crippen LogP contribution < -0.4 is 0 Å². The van der Waals surface area contributed by atoms with Gasteiger partial charge in [0.2, 0.25) is 0 Å². The lowest BCUT2D eigenvalue weighted by Gasteiger charge is -2.01. The largest absolute Gasteiger partial charge is 0.373 e. The summed E-state index contributed by atoms with van der Waals surface area (Å²) in [5.74, 6) is 0. The maximum atomic E-state index is 8.12. The standard InChI is InChI=1S/C13H12.CO2/c1-11-6-5-9-13(10-11)12-7-3-2-4-8-12;2-1-3/h2-10H,1H3;. The molecule has 2 aromatic carbocycles. The Hall–Kier alpha value is -2.18. The van der Waals surface area contributed by atoms with Gasteiger partial charge >= 0.3 is 6.15 Å². The van der Waals surface area contributed by atoms with Gasteiger partial charge in [0.05, 0.1) is 0 Å². The zero-order chi connectivity index (χ0) is 11.8. The first-order valence-electron chi connectivity index (χ1n) is 4.89. The molecule has 0 N–H and O–H groups in total. The van der Waals surface area contributed by atoms with Crippen LogP contribution in [0.15, 0.2) is 54.6 Å². The fourth-order valence-electron chi connectivity index (χ4n) is 1.46. The normalized spacial score (nSPS) is 8.56. The van der Waals surface area contributed by atoms with Crippen molar-refractivity contribution in [2.24, 2.45) is 0 Å². The van der Waals surface area contributed by atoms with Crippen molar-refractivity contribution in [3.8, 4) is 11.1 Å². The lowest BCUT2D eigenvalue weighted by molar-refractivity contribution is -0.191. The average Bonchev–Trinajstić information content (AvgIpc) is 2.31. The molecular formula is C14H12O2. The average molecular weight is 212 g/mol. The first-order chi connectivity index (χ1) is 7.77. The molecule has 0 aliphatic heterocycles. The molecule has 0 heterocycles. The van der Waals surface area contributed by atoms with Gasteiger partial charge in [-0.25, -0.2) is 0 Å². The third-order valence-electron chi connectivity index (χ3n) is 2.13. The SMILES string of the molecule is Cc1cccc(-c2ccccc2)c1.O=C=O. The predicted octanol–water partition coefficient (Wildman–Crippen LogP) is 3.08. The Morgan fingerprint density at radius 1 is 0.812 bits per heavy atom. The van der Waals surface area contributed by atoms with Crippen molar-refractivity contribution in [2.45, 2.75) is 6.92 Å². The maximum absolute atomic E-state index is 8.12. The van der Waals surface area contributed by atoms with Crippen LogP contribution in [0.4, 0.5) is 0 Å². The Labute approximate surface area is 94.5 Å². The summed E-state index contributed by atoms with van der Waals surface area (Å²) >= 11 is 0. The van der Waals surface area contributed by atoms with E-state index in [2.05, 4.69) is 55.5 Å². The van der Waals surface area contributed by atoms with Crippen molar-refractivity contribution in [2.75, 3.05) is 0 Å². The van der Waals surface area contributed by atoms with Gasteiger partial charge in [0.25, 0.3) is 0 Å². The summed E-state index contributed by atoms with van der Waals surface area (Å²) in [6, 6.07) is 19.0. The van der Waals surface area contributed by atoms with Gasteiger partial charge in [-0.15, -0.1) is 0 Å². The summed E-state index contributed by atoms with van der Waals surface area (Å²) < 4.78 is 0. The molecule has 0 spiro atoms. The van der Waals surface area contributed by atoms with E-state index in [0.29, 0.717) is 0 Å². The molecule has 0 aromatic heterocycles. The van der Waals surface area contributed by atoms with Crippen LogP contribution in [0.5, 0.6) is 0 Å². The van der Waals surface area contributed by atoms with E-state index in [1.54, 1.807) is 0 Å². The minimum absolute atomic E-state index is 0.250. The predicted molar refractivity (Wildman–Crippen MR) is 61.6 cm³/mol. The van der Waals surface area contributed by atoms with Gasteiger partial charge in [-0.1, -0.05) is 60.2 Å². The zero-order valence-electron chi connectivity index (χ0n) is 9.01. The second kappa shape index (κ2) is 6.33. The van der Waals surface area contributed by atoms with Gasteiger partial charge in [-0.3, -0.25) is 0 Å². The lowest BCUT2D eigenvalue weighted by atomic mass is 10.0. The van der Waals surface area contributed by atoms with E-state index in [-0.39, 0.29) is 6.15 Å². The second-order valence-electron chi connectivity index (χ2n) is 3.32. The van der Waals surface area contributed by atoms with Gasteiger partial charge in [-0.05, 0) is 18.1 Å². The Balaban J connectivity index is 0.000000386. The molecular weight excluding hydrogens is 200 g/mol. The molecule has 0 saturated heterocycles. The molecule has 16 heavy (non-hydrogen) atoms. The van der Waals surface area contributed by atoms with Crippen LogP contribution in [-0.4, -0.2) is 6.15 Å². The van der Waals surface area contributed by atoms with Gasteiger partial charge in [0.15, 0.2) is 0 Å². The van der Waals surface area contributed by atoms with E-state index in [1.807, 2.05) is 6.07 Å². The van der Waals surface area contributed by atoms with Crippen LogP contribution in [-0.2, 0) is 9.59 Å². The molecule has 80 valence electrons. The molecule has 0 amide bonds. The van der Waals surface area contributed by atoms with Crippen molar-refractivity contribution in [3.63, 3.8) is 0 Å². The fraction of sp³-hybridized carbons (Fsp3) is 0.0714. The molecule has 0 unspecified atom stereocenters. The Bertz CT molecular complexity index is 469. The minimum atomic E-state index is 0.250. The quantitative estimate of drug-likeness (QED) is 0.728. The summed E-state index contributed by atoms with van der Waals surface area (Å²) in [6.07, 6.45) is 0.250. The van der Waals surface area contributed by atoms with Crippen LogP contribution in [0.25, 0.3) is 11.1 Å². The topological polar surface area (TPSA) is 34.1 Å². The van der Waals surface area contributed by atoms with Crippen molar-refractivity contribution >= 4 is 6.15 Å². The molecule has 0 fully saturated rings. The number of hydrogen-bond donors (Lipinski definition) is 0. The lowest BCUT2D eigenvalue weighted by Crippen LogP contribution is -1.77. The Kier molecular flexibility index (Phi) is 4.71. The molecule has 0 aliphatic carbocycles. The van der Waals surface area contributed by atoms with Crippen molar-refractivity contribution in [1.29, 1.82) is 0 Å². The van der Waals surface area contributed by atoms with Gasteiger partial charge in [-0.2, -0.15) is 9.59 Å². The first kappa shape index (κ1) is 11.9. The van der Waals surface area contributed by atoms with E-state index < -0.39 is 0 Å². The molecule has 2 rings (SSSR count). The zero-order valence-corrected chi connectivity index (χ0v) is 9.01. The first-order valence-corrected chi connectivity index (χ1v) is 4.89. The Morgan fingerprint density at radius 3 is 1.94 bits per heavy atom. The fourth-order valence-corrected chi connectivity index (χ4v) is 1.46. The number of aryl methyl sites for hydroxylation is 1. The van der Waals surface area contributed by atoms with Gasteiger partial charge in [0.1, 0.15) is 0 Å². The highest BCUT2D eigenvalue weighted by Crippen LogP contribution is 2.19. The Morgan fingerprint density at radius 2 is 1.38 bits per heavy atom. The number of hydrogen-bond acceptors (Lipinski definition) is 2. The smallest absolute Gasteiger partial charge is 0.186 e. The van der Waals surface area contributed by atoms with Crippen LogP contribution in [0, 0.1) is 6.92 Å². The van der Waals surface area contributed by atoms with E-state index in [0.717, 1.165) is 0 Å². The van der Waals surface area contributed by atoms with E-state index >= 15 is 0 Å². The van der Waals surface area contributed by atoms with Crippen molar-refractivity contribution in [3.05, 3.63) is 60.2 Å². The van der Waals surface area contributed by atoms with Gasteiger partial charge < -0.3 is 0 Å². The molecule has 0 bridgehead atoms. The molecule has 0 atom stereocenters. The highest BCUT2D eigenvalue weighted by Gasteiger charge is 1.94. The number of carbonyl (C=O) groups excluding carboxylic acids is 2. The summed E-state index contributed by atoms with van der Waals surface area (Å²) in [5, 5.41) is 0. The van der Waals surface area contributed by atoms with Crippen LogP contribution >= 0.6 is 0 Å². The summed E-state index contributed by atoms with van der Waals surface area (Å²) in [7, 11) is 0. The van der Waals surface area contributed by atoms with E-state index in [9.17, 15) is 0 Å². The molecule has 2 nitrogen and oxygen atoms in total. The van der Waals surface area contributed by atoms with E-state index in [1.165, 1.54) is 16.7 Å². The molecule has 0 saturated carbocycles. The highest BCUT2D eigenvalue weighted by atomic mass is 16.2. The summed E-state index contributed by atoms with van der Waals surface area (Å²) in [5.41, 5.74) is 3.88. The van der Waals surface area contributed by atoms with Gasteiger partial charge in [0, 0.05) is 0 Å². The minimum Gasteiger partial charge on any atom is -0.186 e. The second-order valence-corrected chi connectivity index (χ2v) is 3.32. The summed E-state index contributed by atoms with van der Waals surface area (Å²) in [6.45, 7) is 2.12. The third kappa shape index (κ3) is 3.52. The molecule has 2 aromatic rings. The van der Waals surface area contributed by atoms with Crippen LogP contribution in [0.1, 0.15) is 5.56 Å². The molecule has 0 aliphatic rings. The van der Waals surface area contributed by atoms with Crippen molar-refractivity contribution in [1.82, 2.24) is 0 Å². The van der Waals surface area contributed by atoms with Crippen molar-refractivity contribution < 1.29 is 9.59 Å². The van der Waals surface area contributed by atoms with Crippen LogP contribution in [0.3, 0.4) is 0 Å². The van der Waals surface area contributed by atoms with Crippen LogP contribution in [0.2, 0.25) is 0 Å². The maximum Gasteiger partial charge on any atom is 0.373 e. The highest BCUT2D eigenvalue weighted by molar-refractivity contribution is 5.63. The molecule has 2 heteroatoms. The third-order valence-corrected chi connectivity index (χ3v) is 2.13. The summed E-state index contributed by atoms with van der Waals surface area (Å²) in [4.78, 5) is 16.2. The monoisotopic (exact) mass is 212 g/mol. The number of benzene rings is 2. The number of rotatable bonds is 1. The molecule has 0 radical (unpaired) electrons.